The highest BCUT2D eigenvalue weighted by atomic mass is 16.4. The predicted molar refractivity (Wildman–Crippen MR) is 113 cm³/mol. The SMILES string of the molecule is CN(CCN(CC(=O)O)CC(=O)O)CCN(CC(=O)O)CC(=O)Cc1ccc(N)cc1. The maximum atomic E-state index is 12.4. The fourth-order valence-corrected chi connectivity index (χ4v) is 2.91. The van der Waals surface area contributed by atoms with Crippen molar-refractivity contribution in [2.24, 2.45) is 0 Å². The number of nitrogens with zero attached hydrogens (tertiary/aromatic N) is 3. The molecule has 0 bridgehead atoms. The Morgan fingerprint density at radius 3 is 1.58 bits per heavy atom. The highest BCUT2D eigenvalue weighted by Gasteiger charge is 2.17. The summed E-state index contributed by atoms with van der Waals surface area (Å²) in [6.07, 6.45) is 0.172. The molecule has 1 aromatic carbocycles. The van der Waals surface area contributed by atoms with Gasteiger partial charge in [-0.05, 0) is 24.7 Å². The van der Waals surface area contributed by atoms with Crippen molar-refractivity contribution in [3.05, 3.63) is 29.8 Å². The van der Waals surface area contributed by atoms with E-state index in [4.69, 9.17) is 21.1 Å². The van der Waals surface area contributed by atoms with E-state index in [-0.39, 0.29) is 44.9 Å². The van der Waals surface area contributed by atoms with Gasteiger partial charge >= 0.3 is 17.9 Å². The topological polar surface area (TPSA) is 165 Å². The number of hydrogen-bond donors (Lipinski definition) is 4. The number of carbonyl (C=O) groups is 4. The molecule has 1 rings (SSSR count). The van der Waals surface area contributed by atoms with Crippen molar-refractivity contribution in [1.29, 1.82) is 0 Å². The van der Waals surface area contributed by atoms with Crippen LogP contribution in [0, 0.1) is 0 Å². The number of nitrogen functional groups attached to an aromatic ring is 1. The van der Waals surface area contributed by atoms with Crippen LogP contribution in [0.15, 0.2) is 24.3 Å². The Kier molecular flexibility index (Phi) is 11.2. The Morgan fingerprint density at radius 1 is 0.742 bits per heavy atom. The number of hydrogen-bond acceptors (Lipinski definition) is 8. The van der Waals surface area contributed by atoms with Crippen molar-refractivity contribution in [3.8, 4) is 0 Å². The molecule has 31 heavy (non-hydrogen) atoms. The Balaban J connectivity index is 2.53. The van der Waals surface area contributed by atoms with Crippen molar-refractivity contribution in [2.45, 2.75) is 6.42 Å². The summed E-state index contributed by atoms with van der Waals surface area (Å²) in [6.45, 7) is 0.283. The molecule has 0 heterocycles. The van der Waals surface area contributed by atoms with Gasteiger partial charge in [0.25, 0.3) is 0 Å². The van der Waals surface area contributed by atoms with Gasteiger partial charge in [0, 0.05) is 38.3 Å². The molecule has 0 atom stereocenters. The monoisotopic (exact) mass is 438 g/mol. The fraction of sp³-hybridized carbons (Fsp3) is 0.500. The summed E-state index contributed by atoms with van der Waals surface area (Å²) < 4.78 is 0. The van der Waals surface area contributed by atoms with E-state index in [0.29, 0.717) is 25.3 Å². The molecule has 0 aliphatic rings. The van der Waals surface area contributed by atoms with Gasteiger partial charge in [0.05, 0.1) is 26.2 Å². The van der Waals surface area contributed by atoms with Crippen LogP contribution in [0.25, 0.3) is 0 Å². The zero-order chi connectivity index (χ0) is 23.4. The second-order valence-corrected chi connectivity index (χ2v) is 7.36. The molecule has 11 heteroatoms. The van der Waals surface area contributed by atoms with Gasteiger partial charge in [0.1, 0.15) is 0 Å². The number of carboxylic acid groups (broad SMARTS) is 3. The Labute approximate surface area is 180 Å². The molecular formula is C20H30N4O7. The number of anilines is 1. The molecule has 0 aliphatic heterocycles. The first kappa shape index (κ1) is 26.0. The number of nitrogens with two attached hydrogens (primary N) is 1. The minimum Gasteiger partial charge on any atom is -0.480 e. The molecule has 0 aliphatic carbocycles. The maximum absolute atomic E-state index is 12.4. The molecule has 0 radical (unpaired) electrons. The number of carboxylic acids is 3. The molecule has 11 nitrogen and oxygen atoms in total. The summed E-state index contributed by atoms with van der Waals surface area (Å²) in [6, 6.07) is 6.90. The fourth-order valence-electron chi connectivity index (χ4n) is 2.91. The highest BCUT2D eigenvalue weighted by Crippen LogP contribution is 2.07. The number of Topliss-reactive ketones (excluding diaryl/α,β-unsaturated/α-hetero) is 1. The lowest BCUT2D eigenvalue weighted by molar-refractivity contribution is -0.142. The molecule has 0 saturated carbocycles. The van der Waals surface area contributed by atoms with E-state index in [2.05, 4.69) is 0 Å². The first-order chi connectivity index (χ1) is 14.5. The van der Waals surface area contributed by atoms with Gasteiger partial charge in [-0.15, -0.1) is 0 Å². The molecule has 0 saturated heterocycles. The maximum Gasteiger partial charge on any atom is 0.317 e. The second kappa shape index (κ2) is 13.3. The number of likely N-dealkylation sites (N-methyl/N-ethyl adjacent to an activating group) is 1. The van der Waals surface area contributed by atoms with Gasteiger partial charge in [-0.1, -0.05) is 12.1 Å². The van der Waals surface area contributed by atoms with E-state index >= 15 is 0 Å². The first-order valence-electron chi connectivity index (χ1n) is 9.70. The third-order valence-corrected chi connectivity index (χ3v) is 4.45. The first-order valence-corrected chi connectivity index (χ1v) is 9.70. The van der Waals surface area contributed by atoms with E-state index in [1.807, 2.05) is 4.90 Å². The summed E-state index contributed by atoms with van der Waals surface area (Å²) in [5.41, 5.74) is 7.02. The third-order valence-electron chi connectivity index (χ3n) is 4.45. The zero-order valence-electron chi connectivity index (χ0n) is 17.6. The quantitative estimate of drug-likeness (QED) is 0.238. The summed E-state index contributed by atoms with van der Waals surface area (Å²) in [4.78, 5) is 49.9. The minimum atomic E-state index is -1.11. The van der Waals surface area contributed by atoms with Gasteiger partial charge in [0.15, 0.2) is 5.78 Å². The molecule has 172 valence electrons. The number of aliphatic carboxylic acids is 3. The van der Waals surface area contributed by atoms with Crippen molar-refractivity contribution in [3.63, 3.8) is 0 Å². The van der Waals surface area contributed by atoms with Gasteiger partial charge in [-0.25, -0.2) is 0 Å². The standard InChI is InChI=1S/C20H30N4O7/c1-22(7-9-24(13-19(28)29)14-20(30)31)6-8-23(12-18(26)27)11-17(25)10-15-2-4-16(21)5-3-15/h2-5H,6-14,21H2,1H3,(H,26,27)(H,28,29)(H,30,31). The summed E-state index contributed by atoms with van der Waals surface area (Å²) >= 11 is 0. The van der Waals surface area contributed by atoms with Gasteiger partial charge in [0.2, 0.25) is 0 Å². The summed E-state index contributed by atoms with van der Waals surface area (Å²) in [7, 11) is 1.76. The van der Waals surface area contributed by atoms with E-state index < -0.39 is 17.9 Å². The van der Waals surface area contributed by atoms with E-state index in [1.54, 1.807) is 31.3 Å². The molecule has 0 spiro atoms. The van der Waals surface area contributed by atoms with Crippen LogP contribution in [-0.4, -0.2) is 113 Å². The minimum absolute atomic E-state index is 0.0192. The predicted octanol–water partition coefficient (Wildman–Crippen LogP) is -0.830. The van der Waals surface area contributed by atoms with Gasteiger partial charge in [-0.2, -0.15) is 0 Å². The normalized spacial score (nSPS) is 11.2. The molecule has 1 aromatic rings. The van der Waals surface area contributed by atoms with E-state index in [9.17, 15) is 19.2 Å². The largest absolute Gasteiger partial charge is 0.480 e. The Bertz CT molecular complexity index is 738. The lowest BCUT2D eigenvalue weighted by Crippen LogP contribution is -2.43. The van der Waals surface area contributed by atoms with Crippen LogP contribution in [0.2, 0.25) is 0 Å². The van der Waals surface area contributed by atoms with Crippen LogP contribution in [0.3, 0.4) is 0 Å². The lowest BCUT2D eigenvalue weighted by atomic mass is 10.1. The van der Waals surface area contributed by atoms with E-state index in [0.717, 1.165) is 5.56 Å². The van der Waals surface area contributed by atoms with Crippen molar-refractivity contribution in [2.75, 3.05) is 65.1 Å². The van der Waals surface area contributed by atoms with Crippen LogP contribution in [0.5, 0.6) is 0 Å². The zero-order valence-corrected chi connectivity index (χ0v) is 17.6. The highest BCUT2D eigenvalue weighted by molar-refractivity contribution is 5.83. The van der Waals surface area contributed by atoms with Gasteiger partial charge in [-0.3, -0.25) is 29.0 Å². The molecule has 5 N–H and O–H groups in total. The van der Waals surface area contributed by atoms with Crippen LogP contribution >= 0.6 is 0 Å². The molecular weight excluding hydrogens is 408 g/mol. The van der Waals surface area contributed by atoms with E-state index in [1.165, 1.54) is 9.80 Å². The number of rotatable bonds is 16. The van der Waals surface area contributed by atoms with Crippen molar-refractivity contribution >= 4 is 29.4 Å². The average molecular weight is 438 g/mol. The summed E-state index contributed by atoms with van der Waals surface area (Å²) in [5, 5.41) is 26.9. The number of carbonyl (C=O) groups excluding carboxylic acids is 1. The summed E-state index contributed by atoms with van der Waals surface area (Å²) in [5.74, 6) is -3.40. The lowest BCUT2D eigenvalue weighted by Gasteiger charge is -2.26. The average Bonchev–Trinajstić information content (AvgIpc) is 2.64. The third kappa shape index (κ3) is 12.3. The smallest absolute Gasteiger partial charge is 0.317 e. The van der Waals surface area contributed by atoms with Crippen molar-refractivity contribution < 1.29 is 34.5 Å². The molecule has 0 amide bonds. The van der Waals surface area contributed by atoms with Crippen molar-refractivity contribution in [1.82, 2.24) is 14.7 Å². The van der Waals surface area contributed by atoms with Crippen LogP contribution in [0.1, 0.15) is 5.56 Å². The van der Waals surface area contributed by atoms with Crippen LogP contribution in [0.4, 0.5) is 5.69 Å². The molecule has 0 unspecified atom stereocenters. The second-order valence-electron chi connectivity index (χ2n) is 7.36. The number of benzene rings is 1. The number of ketones is 1. The van der Waals surface area contributed by atoms with Crippen LogP contribution in [-0.2, 0) is 25.6 Å². The molecule has 0 fully saturated rings. The Morgan fingerprint density at radius 2 is 1.16 bits per heavy atom. The Hall–Kier alpha value is -3.02. The van der Waals surface area contributed by atoms with Gasteiger partial charge < -0.3 is 26.0 Å². The molecule has 0 aromatic heterocycles. The van der Waals surface area contributed by atoms with Crippen LogP contribution < -0.4 is 5.73 Å².